The zero-order valence-electron chi connectivity index (χ0n) is 11.8. The molecule has 1 aliphatic rings. The number of nitrogens with zero attached hydrogens (tertiary/aromatic N) is 1. The van der Waals surface area contributed by atoms with Crippen LogP contribution >= 0.6 is 0 Å². The minimum atomic E-state index is -0.593. The third-order valence-electron chi connectivity index (χ3n) is 4.13. The smallest absolute Gasteiger partial charge is 0.321 e. The Bertz CT molecular complexity index is 728. The van der Waals surface area contributed by atoms with Crippen LogP contribution in [0, 0.1) is 11.3 Å². The summed E-state index contributed by atoms with van der Waals surface area (Å²) in [7, 11) is 0. The van der Waals surface area contributed by atoms with Gasteiger partial charge in [-0.05, 0) is 43.5 Å². The zero-order valence-corrected chi connectivity index (χ0v) is 11.8. The Morgan fingerprint density at radius 1 is 1.14 bits per heavy atom. The molecule has 1 heterocycles. The first kappa shape index (κ1) is 13.4. The molecule has 21 heavy (non-hydrogen) atoms. The van der Waals surface area contributed by atoms with Crippen LogP contribution in [0.25, 0.3) is 0 Å². The van der Waals surface area contributed by atoms with E-state index in [9.17, 15) is 4.79 Å². The Morgan fingerprint density at radius 3 is 2.57 bits per heavy atom. The molecule has 104 valence electrons. The van der Waals surface area contributed by atoms with Gasteiger partial charge in [0.05, 0.1) is 17.0 Å². The van der Waals surface area contributed by atoms with E-state index in [1.54, 1.807) is 12.1 Å². The SMILES string of the molecule is CC1(CCc2ccc(C#N)cc2)C(=O)Oc2ccccc21. The topological polar surface area (TPSA) is 50.1 Å². The lowest BCUT2D eigenvalue weighted by atomic mass is 9.79. The lowest BCUT2D eigenvalue weighted by Crippen LogP contribution is -2.30. The van der Waals surface area contributed by atoms with Gasteiger partial charge in [0.25, 0.3) is 0 Å². The van der Waals surface area contributed by atoms with Crippen LogP contribution < -0.4 is 4.74 Å². The van der Waals surface area contributed by atoms with Crippen molar-refractivity contribution in [2.45, 2.75) is 25.2 Å². The van der Waals surface area contributed by atoms with Gasteiger partial charge in [0.1, 0.15) is 5.75 Å². The quantitative estimate of drug-likeness (QED) is 0.638. The van der Waals surface area contributed by atoms with Crippen LogP contribution in [0.5, 0.6) is 5.75 Å². The van der Waals surface area contributed by atoms with Gasteiger partial charge in [0.2, 0.25) is 0 Å². The van der Waals surface area contributed by atoms with Crippen LogP contribution in [0.4, 0.5) is 0 Å². The lowest BCUT2D eigenvalue weighted by molar-refractivity contribution is -0.137. The molecule has 0 fully saturated rings. The summed E-state index contributed by atoms with van der Waals surface area (Å²) < 4.78 is 5.37. The molecule has 0 saturated carbocycles. The number of esters is 1. The van der Waals surface area contributed by atoms with Crippen molar-refractivity contribution >= 4 is 5.97 Å². The van der Waals surface area contributed by atoms with Gasteiger partial charge in [-0.1, -0.05) is 30.3 Å². The molecule has 1 atom stereocenters. The van der Waals surface area contributed by atoms with Gasteiger partial charge < -0.3 is 4.74 Å². The number of rotatable bonds is 3. The Kier molecular flexibility index (Phi) is 3.23. The van der Waals surface area contributed by atoms with Gasteiger partial charge in [-0.25, -0.2) is 0 Å². The van der Waals surface area contributed by atoms with E-state index in [1.165, 1.54) is 0 Å². The van der Waals surface area contributed by atoms with E-state index in [1.807, 2.05) is 43.3 Å². The summed E-state index contributed by atoms with van der Waals surface area (Å²) in [5, 5.41) is 8.80. The van der Waals surface area contributed by atoms with Gasteiger partial charge in [-0.3, -0.25) is 4.79 Å². The average molecular weight is 277 g/mol. The number of para-hydroxylation sites is 1. The number of carbonyl (C=O) groups excluding carboxylic acids is 1. The van der Waals surface area contributed by atoms with Gasteiger partial charge in [0, 0.05) is 5.56 Å². The maximum Gasteiger partial charge on any atom is 0.321 e. The highest BCUT2D eigenvalue weighted by Crippen LogP contribution is 2.42. The van der Waals surface area contributed by atoms with Crippen LogP contribution in [-0.2, 0) is 16.6 Å². The molecule has 3 nitrogen and oxygen atoms in total. The number of aryl methyl sites for hydroxylation is 1. The molecular weight excluding hydrogens is 262 g/mol. The van der Waals surface area contributed by atoms with Crippen molar-refractivity contribution in [3.63, 3.8) is 0 Å². The second-order valence-electron chi connectivity index (χ2n) is 5.53. The molecule has 0 saturated heterocycles. The number of fused-ring (bicyclic) bond motifs is 1. The van der Waals surface area contributed by atoms with Crippen molar-refractivity contribution < 1.29 is 9.53 Å². The Balaban J connectivity index is 1.81. The molecule has 0 radical (unpaired) electrons. The maximum atomic E-state index is 12.2. The molecule has 0 aromatic heterocycles. The predicted molar refractivity (Wildman–Crippen MR) is 78.9 cm³/mol. The maximum absolute atomic E-state index is 12.2. The number of hydrogen-bond donors (Lipinski definition) is 0. The van der Waals surface area contributed by atoms with Crippen molar-refractivity contribution in [2.75, 3.05) is 0 Å². The molecule has 3 rings (SSSR count). The van der Waals surface area contributed by atoms with Crippen LogP contribution in [0.15, 0.2) is 48.5 Å². The van der Waals surface area contributed by atoms with E-state index in [-0.39, 0.29) is 5.97 Å². The second-order valence-corrected chi connectivity index (χ2v) is 5.53. The summed E-state index contributed by atoms with van der Waals surface area (Å²) in [5.41, 5.74) is 2.14. The number of ether oxygens (including phenoxy) is 1. The lowest BCUT2D eigenvalue weighted by Gasteiger charge is -2.20. The highest BCUT2D eigenvalue weighted by atomic mass is 16.5. The van der Waals surface area contributed by atoms with Crippen molar-refractivity contribution in [3.05, 3.63) is 65.2 Å². The van der Waals surface area contributed by atoms with E-state index < -0.39 is 5.41 Å². The number of hydrogen-bond acceptors (Lipinski definition) is 3. The summed E-state index contributed by atoms with van der Waals surface area (Å²) in [6, 6.07) is 17.2. The highest BCUT2D eigenvalue weighted by Gasteiger charge is 2.44. The highest BCUT2D eigenvalue weighted by molar-refractivity contribution is 5.90. The van der Waals surface area contributed by atoms with Gasteiger partial charge in [-0.2, -0.15) is 5.26 Å². The van der Waals surface area contributed by atoms with E-state index in [0.29, 0.717) is 17.7 Å². The molecule has 1 unspecified atom stereocenters. The molecule has 0 bridgehead atoms. The molecule has 2 aromatic rings. The molecule has 0 amide bonds. The fraction of sp³-hybridized carbons (Fsp3) is 0.222. The van der Waals surface area contributed by atoms with Crippen molar-refractivity contribution in [3.8, 4) is 11.8 Å². The van der Waals surface area contributed by atoms with Crippen LogP contribution in [0.2, 0.25) is 0 Å². The van der Waals surface area contributed by atoms with Crippen molar-refractivity contribution in [1.29, 1.82) is 5.26 Å². The Hall–Kier alpha value is -2.60. The van der Waals surface area contributed by atoms with Crippen molar-refractivity contribution in [1.82, 2.24) is 0 Å². The van der Waals surface area contributed by atoms with E-state index in [4.69, 9.17) is 10.00 Å². The summed E-state index contributed by atoms with van der Waals surface area (Å²) in [5.74, 6) is 0.488. The number of carbonyl (C=O) groups is 1. The van der Waals surface area contributed by atoms with Crippen LogP contribution in [0.1, 0.15) is 30.0 Å². The van der Waals surface area contributed by atoms with E-state index >= 15 is 0 Å². The molecule has 2 aromatic carbocycles. The summed E-state index contributed by atoms with van der Waals surface area (Å²) in [4.78, 5) is 12.2. The molecule has 3 heteroatoms. The Morgan fingerprint density at radius 2 is 1.86 bits per heavy atom. The molecule has 0 N–H and O–H groups in total. The van der Waals surface area contributed by atoms with Gasteiger partial charge in [-0.15, -0.1) is 0 Å². The zero-order chi connectivity index (χ0) is 14.9. The van der Waals surface area contributed by atoms with Gasteiger partial charge >= 0.3 is 5.97 Å². The predicted octanol–water partition coefficient (Wildman–Crippen LogP) is 3.37. The fourth-order valence-electron chi connectivity index (χ4n) is 2.71. The fourth-order valence-corrected chi connectivity index (χ4v) is 2.71. The normalized spacial score (nSPS) is 19.7. The van der Waals surface area contributed by atoms with Crippen LogP contribution in [0.3, 0.4) is 0 Å². The van der Waals surface area contributed by atoms with Crippen LogP contribution in [-0.4, -0.2) is 5.97 Å². The van der Waals surface area contributed by atoms with E-state index in [2.05, 4.69) is 6.07 Å². The third kappa shape index (κ3) is 2.30. The largest absolute Gasteiger partial charge is 0.426 e. The molecule has 0 spiro atoms. The first-order valence-corrected chi connectivity index (χ1v) is 6.94. The molecular formula is C18H15NO2. The number of benzene rings is 2. The standard InChI is InChI=1S/C18H15NO2/c1-18(11-10-13-6-8-14(12-19)9-7-13)15-4-2-3-5-16(15)21-17(18)20/h2-9H,10-11H2,1H3. The first-order valence-electron chi connectivity index (χ1n) is 6.94. The summed E-state index contributed by atoms with van der Waals surface area (Å²) >= 11 is 0. The monoisotopic (exact) mass is 277 g/mol. The second kappa shape index (κ2) is 5.06. The molecule has 1 aliphatic heterocycles. The van der Waals surface area contributed by atoms with E-state index in [0.717, 1.165) is 17.5 Å². The minimum Gasteiger partial charge on any atom is -0.426 e. The number of nitriles is 1. The van der Waals surface area contributed by atoms with Crippen molar-refractivity contribution in [2.24, 2.45) is 0 Å². The summed E-state index contributed by atoms with van der Waals surface area (Å²) in [6.07, 6.45) is 1.46. The van der Waals surface area contributed by atoms with Gasteiger partial charge in [0.15, 0.2) is 0 Å². The third-order valence-corrected chi connectivity index (χ3v) is 4.13. The first-order chi connectivity index (χ1) is 10.1. The summed E-state index contributed by atoms with van der Waals surface area (Å²) in [6.45, 7) is 1.94. The minimum absolute atomic E-state index is 0.183. The molecule has 0 aliphatic carbocycles. The average Bonchev–Trinajstić information content (AvgIpc) is 2.78. The Labute approximate surface area is 123 Å².